The lowest BCUT2D eigenvalue weighted by molar-refractivity contribution is 1.18. The van der Waals surface area contributed by atoms with E-state index in [1.54, 1.807) is 11.3 Å². The van der Waals surface area contributed by atoms with Crippen LogP contribution in [0.4, 0.5) is 0 Å². The molecule has 0 aliphatic carbocycles. The molecule has 0 spiro atoms. The molecule has 25 heavy (non-hydrogen) atoms. The van der Waals surface area contributed by atoms with Crippen molar-refractivity contribution in [1.29, 1.82) is 5.26 Å². The van der Waals surface area contributed by atoms with Crippen LogP contribution in [-0.2, 0) is 0 Å². The second kappa shape index (κ2) is 6.28. The number of fused-ring (bicyclic) bond motifs is 1. The highest BCUT2D eigenvalue weighted by Gasteiger charge is 2.13. The van der Waals surface area contributed by atoms with Crippen LogP contribution in [0.1, 0.15) is 21.3 Å². The molecule has 0 unspecified atom stereocenters. The van der Waals surface area contributed by atoms with Gasteiger partial charge < -0.3 is 0 Å². The fourth-order valence-corrected chi connectivity index (χ4v) is 4.35. The molecule has 0 fully saturated rings. The van der Waals surface area contributed by atoms with Gasteiger partial charge in [0.05, 0.1) is 22.7 Å². The SMILES string of the molecule is Cc1cn2c(/C=C(\C#N)c3nc(-c4ccccc4)cs3)c(C)nc2s1. The van der Waals surface area contributed by atoms with Crippen molar-refractivity contribution in [3.63, 3.8) is 0 Å². The summed E-state index contributed by atoms with van der Waals surface area (Å²) in [6, 6.07) is 12.3. The van der Waals surface area contributed by atoms with E-state index in [0.29, 0.717) is 5.57 Å². The first kappa shape index (κ1) is 15.8. The molecule has 0 aliphatic heterocycles. The van der Waals surface area contributed by atoms with Gasteiger partial charge in [0.2, 0.25) is 0 Å². The van der Waals surface area contributed by atoms with E-state index >= 15 is 0 Å². The first-order valence-electron chi connectivity index (χ1n) is 7.74. The van der Waals surface area contributed by atoms with Gasteiger partial charge in [0.1, 0.15) is 11.1 Å². The van der Waals surface area contributed by atoms with Crippen molar-refractivity contribution in [3.8, 4) is 17.3 Å². The number of aromatic nitrogens is 3. The first-order chi connectivity index (χ1) is 12.2. The average molecular weight is 362 g/mol. The van der Waals surface area contributed by atoms with Crippen LogP contribution >= 0.6 is 22.7 Å². The highest BCUT2D eigenvalue weighted by atomic mass is 32.1. The fraction of sp³-hybridized carbons (Fsp3) is 0.105. The molecule has 0 saturated carbocycles. The second-order valence-electron chi connectivity index (χ2n) is 5.65. The number of imidazole rings is 1. The molecular weight excluding hydrogens is 348 g/mol. The summed E-state index contributed by atoms with van der Waals surface area (Å²) < 4.78 is 2.04. The molecule has 1 aromatic carbocycles. The van der Waals surface area contributed by atoms with Crippen molar-refractivity contribution in [2.45, 2.75) is 13.8 Å². The van der Waals surface area contributed by atoms with E-state index in [0.717, 1.165) is 32.6 Å². The number of rotatable bonds is 3. The zero-order valence-electron chi connectivity index (χ0n) is 13.7. The molecule has 6 heteroatoms. The molecule has 0 saturated heterocycles. The summed E-state index contributed by atoms with van der Waals surface area (Å²) in [5.41, 5.74) is 4.36. The van der Waals surface area contributed by atoms with Crippen LogP contribution in [0.2, 0.25) is 0 Å². The number of hydrogen-bond donors (Lipinski definition) is 0. The third-order valence-corrected chi connectivity index (χ3v) is 5.64. The van der Waals surface area contributed by atoms with Crippen molar-refractivity contribution in [2.75, 3.05) is 0 Å². The maximum absolute atomic E-state index is 9.65. The summed E-state index contributed by atoms with van der Waals surface area (Å²) >= 11 is 3.13. The predicted molar refractivity (Wildman–Crippen MR) is 104 cm³/mol. The van der Waals surface area contributed by atoms with E-state index in [2.05, 4.69) is 29.2 Å². The first-order valence-corrected chi connectivity index (χ1v) is 9.43. The molecule has 3 heterocycles. The number of hydrogen-bond acceptors (Lipinski definition) is 5. The quantitative estimate of drug-likeness (QED) is 0.471. The zero-order valence-corrected chi connectivity index (χ0v) is 15.4. The molecule has 4 aromatic rings. The molecule has 4 rings (SSSR count). The molecule has 0 N–H and O–H groups in total. The standard InChI is InChI=1S/C19H14N4S2/c1-12-10-23-17(13(2)21-19(23)25-12)8-15(9-20)18-22-16(11-24-18)14-6-4-3-5-7-14/h3-8,10-11H,1-2H3/b15-8+. The van der Waals surface area contributed by atoms with Gasteiger partial charge in [0, 0.05) is 22.0 Å². The van der Waals surface area contributed by atoms with E-state index in [9.17, 15) is 5.26 Å². The van der Waals surface area contributed by atoms with Crippen LogP contribution in [0, 0.1) is 25.2 Å². The van der Waals surface area contributed by atoms with Crippen LogP contribution in [0.3, 0.4) is 0 Å². The third-order valence-electron chi connectivity index (χ3n) is 3.87. The summed E-state index contributed by atoms with van der Waals surface area (Å²) in [7, 11) is 0. The van der Waals surface area contributed by atoms with Gasteiger partial charge in [-0.1, -0.05) is 30.3 Å². The van der Waals surface area contributed by atoms with Gasteiger partial charge in [-0.15, -0.1) is 22.7 Å². The van der Waals surface area contributed by atoms with Crippen molar-refractivity contribution < 1.29 is 0 Å². The van der Waals surface area contributed by atoms with Crippen LogP contribution in [-0.4, -0.2) is 14.4 Å². The van der Waals surface area contributed by atoms with Gasteiger partial charge >= 0.3 is 0 Å². The maximum atomic E-state index is 9.65. The van der Waals surface area contributed by atoms with Crippen molar-refractivity contribution in [2.24, 2.45) is 0 Å². The van der Waals surface area contributed by atoms with Crippen LogP contribution in [0.5, 0.6) is 0 Å². The van der Waals surface area contributed by atoms with E-state index < -0.39 is 0 Å². The zero-order chi connectivity index (χ0) is 17.4. The fourth-order valence-electron chi connectivity index (χ4n) is 2.67. The second-order valence-corrected chi connectivity index (χ2v) is 7.72. The number of benzene rings is 1. The largest absolute Gasteiger partial charge is 0.290 e. The minimum atomic E-state index is 0.556. The number of nitrogens with zero attached hydrogens (tertiary/aromatic N) is 4. The summed E-state index contributed by atoms with van der Waals surface area (Å²) in [6.45, 7) is 4.02. The third kappa shape index (κ3) is 2.88. The topological polar surface area (TPSA) is 54.0 Å². The van der Waals surface area contributed by atoms with Gasteiger partial charge in [0.15, 0.2) is 4.96 Å². The number of allylic oxidation sites excluding steroid dienone is 1. The van der Waals surface area contributed by atoms with Crippen LogP contribution in [0.25, 0.3) is 27.9 Å². The lowest BCUT2D eigenvalue weighted by atomic mass is 10.2. The number of thiazole rings is 2. The Bertz CT molecular complexity index is 1120. The Morgan fingerprint density at radius 2 is 2.00 bits per heavy atom. The summed E-state index contributed by atoms with van der Waals surface area (Å²) in [5.74, 6) is 0. The lowest BCUT2D eigenvalue weighted by Gasteiger charge is -1.97. The minimum Gasteiger partial charge on any atom is -0.290 e. The van der Waals surface area contributed by atoms with E-state index in [1.807, 2.05) is 53.1 Å². The summed E-state index contributed by atoms with van der Waals surface area (Å²) in [6.07, 6.45) is 3.94. The molecule has 0 aliphatic rings. The van der Waals surface area contributed by atoms with Crippen molar-refractivity contribution in [3.05, 3.63) is 63.2 Å². The Hall–Kier alpha value is -2.75. The predicted octanol–water partition coefficient (Wildman–Crippen LogP) is 5.20. The summed E-state index contributed by atoms with van der Waals surface area (Å²) in [4.78, 5) is 11.4. The molecular formula is C19H14N4S2. The minimum absolute atomic E-state index is 0.556. The molecule has 0 atom stereocenters. The van der Waals surface area contributed by atoms with Crippen LogP contribution < -0.4 is 0 Å². The molecule has 3 aromatic heterocycles. The van der Waals surface area contributed by atoms with Gasteiger partial charge in [-0.25, -0.2) is 9.97 Å². The van der Waals surface area contributed by atoms with Gasteiger partial charge in [-0.05, 0) is 19.9 Å². The maximum Gasteiger partial charge on any atom is 0.194 e. The van der Waals surface area contributed by atoms with E-state index in [-0.39, 0.29) is 0 Å². The van der Waals surface area contributed by atoms with Gasteiger partial charge in [-0.2, -0.15) is 5.26 Å². The Kier molecular flexibility index (Phi) is 3.96. The molecule has 0 amide bonds. The smallest absolute Gasteiger partial charge is 0.194 e. The van der Waals surface area contributed by atoms with Gasteiger partial charge in [-0.3, -0.25) is 4.40 Å². The average Bonchev–Trinajstić information content (AvgIpc) is 3.29. The van der Waals surface area contributed by atoms with Crippen LogP contribution in [0.15, 0.2) is 41.9 Å². The Balaban J connectivity index is 1.78. The molecule has 4 nitrogen and oxygen atoms in total. The Morgan fingerprint density at radius 3 is 2.76 bits per heavy atom. The van der Waals surface area contributed by atoms with E-state index in [1.165, 1.54) is 16.2 Å². The molecule has 0 radical (unpaired) electrons. The number of nitriles is 1. The van der Waals surface area contributed by atoms with E-state index in [4.69, 9.17) is 0 Å². The normalized spacial score (nSPS) is 11.8. The van der Waals surface area contributed by atoms with Crippen molar-refractivity contribution in [1.82, 2.24) is 14.4 Å². The molecule has 122 valence electrons. The number of aryl methyl sites for hydroxylation is 2. The lowest BCUT2D eigenvalue weighted by Crippen LogP contribution is -1.87. The Morgan fingerprint density at radius 1 is 1.20 bits per heavy atom. The molecule has 0 bridgehead atoms. The monoisotopic (exact) mass is 362 g/mol. The Labute approximate surface area is 153 Å². The highest BCUT2D eigenvalue weighted by molar-refractivity contribution is 7.17. The summed E-state index contributed by atoms with van der Waals surface area (Å²) in [5, 5.41) is 12.4. The van der Waals surface area contributed by atoms with Crippen molar-refractivity contribution >= 4 is 39.3 Å². The highest BCUT2D eigenvalue weighted by Crippen LogP contribution is 2.29. The van der Waals surface area contributed by atoms with Gasteiger partial charge in [0.25, 0.3) is 0 Å².